The fourth-order valence-corrected chi connectivity index (χ4v) is 2.16. The van der Waals surface area contributed by atoms with Crippen molar-refractivity contribution in [1.82, 2.24) is 10.6 Å². The third-order valence-corrected chi connectivity index (χ3v) is 3.51. The molecule has 1 aromatic carbocycles. The molecule has 0 fully saturated rings. The Hall–Kier alpha value is -2.77. The number of carbonyl (C=O) groups is 3. The first kappa shape index (κ1) is 21.3. The molecule has 8 nitrogen and oxygen atoms in total. The van der Waals surface area contributed by atoms with Crippen LogP contribution in [0.2, 0.25) is 0 Å². The van der Waals surface area contributed by atoms with E-state index >= 15 is 0 Å². The van der Waals surface area contributed by atoms with E-state index in [2.05, 4.69) is 10.6 Å². The predicted octanol–water partition coefficient (Wildman–Crippen LogP) is 1.19. The molecule has 0 saturated heterocycles. The van der Waals surface area contributed by atoms with Crippen LogP contribution in [0.15, 0.2) is 24.3 Å². The van der Waals surface area contributed by atoms with Crippen LogP contribution in [-0.2, 0) is 14.4 Å². The minimum atomic E-state index is -1.10. The summed E-state index contributed by atoms with van der Waals surface area (Å²) in [6.45, 7) is 4.96. The van der Waals surface area contributed by atoms with Crippen LogP contribution in [-0.4, -0.2) is 48.7 Å². The number of aliphatic carboxylic acids is 1. The zero-order chi connectivity index (χ0) is 19.7. The van der Waals surface area contributed by atoms with Crippen molar-refractivity contribution in [3.05, 3.63) is 24.3 Å². The molecule has 0 heterocycles. The van der Waals surface area contributed by atoms with Crippen molar-refractivity contribution < 1.29 is 29.0 Å². The maximum absolute atomic E-state index is 12.0. The smallest absolute Gasteiger partial charge is 0.326 e. The van der Waals surface area contributed by atoms with Crippen LogP contribution >= 0.6 is 0 Å². The summed E-state index contributed by atoms with van der Waals surface area (Å²) >= 11 is 0. The van der Waals surface area contributed by atoms with Crippen molar-refractivity contribution in [2.45, 2.75) is 39.3 Å². The zero-order valence-electron chi connectivity index (χ0n) is 15.4. The molecule has 3 N–H and O–H groups in total. The minimum Gasteiger partial charge on any atom is -0.497 e. The van der Waals surface area contributed by atoms with Gasteiger partial charge in [-0.3, -0.25) is 9.59 Å². The van der Waals surface area contributed by atoms with Gasteiger partial charge in [0.1, 0.15) is 17.5 Å². The second kappa shape index (κ2) is 10.3. The van der Waals surface area contributed by atoms with Gasteiger partial charge in [0.05, 0.1) is 13.7 Å². The Bertz CT molecular complexity index is 615. The Labute approximate surface area is 152 Å². The van der Waals surface area contributed by atoms with Gasteiger partial charge < -0.3 is 25.2 Å². The summed E-state index contributed by atoms with van der Waals surface area (Å²) in [7, 11) is 1.55. The van der Waals surface area contributed by atoms with Crippen LogP contribution in [0.1, 0.15) is 27.2 Å². The van der Waals surface area contributed by atoms with Gasteiger partial charge in [-0.05, 0) is 43.5 Å². The lowest BCUT2D eigenvalue weighted by molar-refractivity contribution is -0.142. The predicted molar refractivity (Wildman–Crippen MR) is 95.1 cm³/mol. The van der Waals surface area contributed by atoms with Gasteiger partial charge >= 0.3 is 5.97 Å². The number of carboxylic acid groups (broad SMARTS) is 1. The fourth-order valence-electron chi connectivity index (χ4n) is 2.16. The van der Waals surface area contributed by atoms with Crippen molar-refractivity contribution in [2.75, 3.05) is 13.7 Å². The topological polar surface area (TPSA) is 114 Å². The molecule has 0 radical (unpaired) electrons. The SMILES string of the molecule is COc1ccc(OC(C)C(=O)NCC(=O)N[C@@H](CC(C)C)C(=O)O)cc1. The van der Waals surface area contributed by atoms with Crippen molar-refractivity contribution in [1.29, 1.82) is 0 Å². The van der Waals surface area contributed by atoms with Gasteiger partial charge in [0.15, 0.2) is 6.10 Å². The molecule has 0 aromatic heterocycles. The van der Waals surface area contributed by atoms with E-state index < -0.39 is 29.9 Å². The van der Waals surface area contributed by atoms with Crippen molar-refractivity contribution in [3.8, 4) is 11.5 Å². The van der Waals surface area contributed by atoms with Crippen molar-refractivity contribution in [2.24, 2.45) is 5.92 Å². The maximum Gasteiger partial charge on any atom is 0.326 e. The molecule has 1 rings (SSSR count). The van der Waals surface area contributed by atoms with Crippen LogP contribution in [0.25, 0.3) is 0 Å². The summed E-state index contributed by atoms with van der Waals surface area (Å²) in [4.78, 5) is 35.0. The Morgan fingerprint density at radius 1 is 1.08 bits per heavy atom. The molecular weight excluding hydrogens is 340 g/mol. The van der Waals surface area contributed by atoms with Crippen LogP contribution < -0.4 is 20.1 Å². The molecular formula is C18H26N2O6. The van der Waals surface area contributed by atoms with E-state index in [-0.39, 0.29) is 12.5 Å². The Morgan fingerprint density at radius 2 is 1.65 bits per heavy atom. The largest absolute Gasteiger partial charge is 0.497 e. The van der Waals surface area contributed by atoms with Crippen LogP contribution in [0.5, 0.6) is 11.5 Å². The van der Waals surface area contributed by atoms with Gasteiger partial charge in [-0.1, -0.05) is 13.8 Å². The van der Waals surface area contributed by atoms with E-state index in [0.717, 1.165) is 0 Å². The Kier molecular flexibility index (Phi) is 8.41. The first-order valence-electron chi connectivity index (χ1n) is 8.33. The molecule has 0 aliphatic heterocycles. The lowest BCUT2D eigenvalue weighted by Gasteiger charge is -2.18. The van der Waals surface area contributed by atoms with Crippen LogP contribution in [0, 0.1) is 5.92 Å². The zero-order valence-corrected chi connectivity index (χ0v) is 15.4. The second-order valence-electron chi connectivity index (χ2n) is 6.24. The number of amides is 2. The fraction of sp³-hybridized carbons (Fsp3) is 0.500. The number of rotatable bonds is 10. The quantitative estimate of drug-likeness (QED) is 0.573. The summed E-state index contributed by atoms with van der Waals surface area (Å²) in [5, 5.41) is 13.9. The van der Waals surface area contributed by atoms with E-state index in [1.165, 1.54) is 0 Å². The lowest BCUT2D eigenvalue weighted by atomic mass is 10.0. The molecule has 2 amide bonds. The number of benzene rings is 1. The number of methoxy groups -OCH3 is 1. The van der Waals surface area contributed by atoms with Gasteiger partial charge in [0, 0.05) is 0 Å². The molecule has 8 heteroatoms. The molecule has 0 bridgehead atoms. The standard InChI is InChI=1S/C18H26N2O6/c1-11(2)9-15(18(23)24)20-16(21)10-19-17(22)12(3)26-14-7-5-13(25-4)6-8-14/h5-8,11-12,15H,9-10H2,1-4H3,(H,19,22)(H,20,21)(H,23,24)/t12?,15-/m0/s1. The highest BCUT2D eigenvalue weighted by Crippen LogP contribution is 2.18. The summed E-state index contributed by atoms with van der Waals surface area (Å²) in [6, 6.07) is 5.76. The summed E-state index contributed by atoms with van der Waals surface area (Å²) in [5.41, 5.74) is 0. The van der Waals surface area contributed by atoms with E-state index in [1.807, 2.05) is 13.8 Å². The molecule has 1 unspecified atom stereocenters. The molecule has 0 aliphatic rings. The van der Waals surface area contributed by atoms with Crippen LogP contribution in [0.4, 0.5) is 0 Å². The minimum absolute atomic E-state index is 0.115. The normalized spacial score (nSPS) is 12.8. The van der Waals surface area contributed by atoms with Gasteiger partial charge in [-0.25, -0.2) is 4.79 Å². The molecule has 2 atom stereocenters. The monoisotopic (exact) mass is 366 g/mol. The number of carboxylic acids is 1. The second-order valence-corrected chi connectivity index (χ2v) is 6.24. The Morgan fingerprint density at radius 3 is 2.15 bits per heavy atom. The van der Waals surface area contributed by atoms with Gasteiger partial charge in [0.2, 0.25) is 5.91 Å². The summed E-state index contributed by atoms with van der Waals surface area (Å²) in [6.07, 6.45) is -0.506. The molecule has 0 aliphatic carbocycles. The Balaban J connectivity index is 2.45. The van der Waals surface area contributed by atoms with Gasteiger partial charge in [0.25, 0.3) is 5.91 Å². The number of nitrogens with one attached hydrogen (secondary N) is 2. The maximum atomic E-state index is 12.0. The van der Waals surface area contributed by atoms with E-state index in [1.54, 1.807) is 38.3 Å². The third kappa shape index (κ3) is 7.42. The molecule has 0 saturated carbocycles. The molecule has 26 heavy (non-hydrogen) atoms. The van der Waals surface area contributed by atoms with Gasteiger partial charge in [-0.2, -0.15) is 0 Å². The average Bonchev–Trinajstić information content (AvgIpc) is 2.59. The highest BCUT2D eigenvalue weighted by molar-refractivity contribution is 5.89. The number of carbonyl (C=O) groups excluding carboxylic acids is 2. The van der Waals surface area contributed by atoms with Gasteiger partial charge in [-0.15, -0.1) is 0 Å². The first-order chi connectivity index (χ1) is 12.2. The number of ether oxygens (including phenoxy) is 2. The number of hydrogen-bond donors (Lipinski definition) is 3. The van der Waals surface area contributed by atoms with E-state index in [0.29, 0.717) is 17.9 Å². The molecule has 0 spiro atoms. The lowest BCUT2D eigenvalue weighted by Crippen LogP contribution is -2.47. The summed E-state index contributed by atoms with van der Waals surface area (Å²) < 4.78 is 10.5. The molecule has 144 valence electrons. The highest BCUT2D eigenvalue weighted by Gasteiger charge is 2.22. The first-order valence-corrected chi connectivity index (χ1v) is 8.33. The van der Waals surface area contributed by atoms with Crippen LogP contribution in [0.3, 0.4) is 0 Å². The van der Waals surface area contributed by atoms with Crippen molar-refractivity contribution in [3.63, 3.8) is 0 Å². The molecule has 1 aromatic rings. The average molecular weight is 366 g/mol. The summed E-state index contributed by atoms with van der Waals surface area (Å²) in [5.74, 6) is -0.880. The van der Waals surface area contributed by atoms with E-state index in [4.69, 9.17) is 14.6 Å². The van der Waals surface area contributed by atoms with Crippen molar-refractivity contribution >= 4 is 17.8 Å². The third-order valence-electron chi connectivity index (χ3n) is 3.51. The highest BCUT2D eigenvalue weighted by atomic mass is 16.5. The van der Waals surface area contributed by atoms with E-state index in [9.17, 15) is 14.4 Å². The number of hydrogen-bond acceptors (Lipinski definition) is 5.